The first-order chi connectivity index (χ1) is 14.5. The monoisotopic (exact) mass is 405 g/mol. The minimum Gasteiger partial charge on any atom is -0.481 e. The topological polar surface area (TPSA) is 80.2 Å². The molecular formula is C24H29N4O2+. The van der Waals surface area contributed by atoms with E-state index < -0.39 is 5.97 Å². The normalized spacial score (nSPS) is 11.0. The van der Waals surface area contributed by atoms with Gasteiger partial charge < -0.3 is 15.3 Å². The van der Waals surface area contributed by atoms with Gasteiger partial charge in [-0.25, -0.2) is 0 Å². The minimum absolute atomic E-state index is 0.205. The highest BCUT2D eigenvalue weighted by molar-refractivity contribution is 5.97. The number of fused-ring (bicyclic) bond motifs is 2. The van der Waals surface area contributed by atoms with E-state index in [0.29, 0.717) is 12.0 Å². The maximum atomic E-state index is 10.8. The summed E-state index contributed by atoms with van der Waals surface area (Å²) in [5.74, 6) is -0.746. The highest BCUT2D eigenvalue weighted by Gasteiger charge is 2.21. The second kappa shape index (κ2) is 9.55. The van der Waals surface area contributed by atoms with E-state index in [2.05, 4.69) is 39.1 Å². The van der Waals surface area contributed by atoms with Gasteiger partial charge in [-0.3, -0.25) is 4.79 Å². The molecule has 3 rings (SSSR count). The van der Waals surface area contributed by atoms with Crippen LogP contribution < -0.4 is 14.8 Å². The zero-order chi connectivity index (χ0) is 21.7. The predicted molar refractivity (Wildman–Crippen MR) is 120 cm³/mol. The molecule has 0 aliphatic rings. The molecule has 0 spiro atoms. The van der Waals surface area contributed by atoms with E-state index in [9.17, 15) is 10.1 Å². The summed E-state index contributed by atoms with van der Waals surface area (Å²) in [6.07, 6.45) is 2.62. The summed E-state index contributed by atoms with van der Waals surface area (Å²) < 4.78 is 2.29. The molecule has 3 aromatic rings. The van der Waals surface area contributed by atoms with Crippen LogP contribution in [0.1, 0.15) is 36.8 Å². The van der Waals surface area contributed by atoms with E-state index in [4.69, 9.17) is 5.11 Å². The second-order valence-corrected chi connectivity index (χ2v) is 7.82. The van der Waals surface area contributed by atoms with Crippen LogP contribution in [0.25, 0.3) is 21.8 Å². The minimum atomic E-state index is -0.746. The number of aryl methyl sites for hydroxylation is 1. The summed E-state index contributed by atoms with van der Waals surface area (Å²) >= 11 is 0. The highest BCUT2D eigenvalue weighted by atomic mass is 16.4. The second-order valence-electron chi connectivity index (χ2n) is 7.82. The van der Waals surface area contributed by atoms with Gasteiger partial charge in [-0.15, -0.1) is 0 Å². The SMILES string of the molecule is CNCc1ccc2c(C#N)c3ccc(N(C)C)cc3[n+](CCCCCC(=O)O)c2c1. The van der Waals surface area contributed by atoms with E-state index >= 15 is 0 Å². The number of unbranched alkanes of at least 4 members (excludes halogenated alkanes) is 2. The van der Waals surface area contributed by atoms with Gasteiger partial charge >= 0.3 is 5.97 Å². The molecule has 1 heterocycles. The number of anilines is 1. The summed E-state index contributed by atoms with van der Waals surface area (Å²) in [7, 11) is 5.94. The fourth-order valence-electron chi connectivity index (χ4n) is 3.92. The third kappa shape index (κ3) is 4.52. The number of hydrogen-bond donors (Lipinski definition) is 2. The number of aromatic nitrogens is 1. The van der Waals surface area contributed by atoms with Gasteiger partial charge in [-0.05, 0) is 43.7 Å². The Labute approximate surface area is 177 Å². The summed E-state index contributed by atoms with van der Waals surface area (Å²) in [5.41, 5.74) is 5.02. The molecule has 6 heteroatoms. The number of nitriles is 1. The van der Waals surface area contributed by atoms with Gasteiger partial charge in [0.05, 0.1) is 16.3 Å². The highest BCUT2D eigenvalue weighted by Crippen LogP contribution is 2.28. The van der Waals surface area contributed by atoms with Crippen molar-refractivity contribution in [2.45, 2.75) is 38.8 Å². The standard InChI is InChI=1S/C24H28N4O2/c1-26-16-17-8-10-19-21(15-25)20-11-9-18(27(2)3)14-23(20)28(22(19)13-17)12-6-4-5-7-24(29)30/h8-11,13-14,26H,4-7,12,16H2,1-3H3/p+1. The third-order valence-electron chi connectivity index (χ3n) is 5.45. The molecule has 0 unspecified atom stereocenters. The number of aliphatic carboxylic acids is 1. The van der Waals surface area contributed by atoms with Crippen molar-refractivity contribution in [3.05, 3.63) is 47.5 Å². The molecule has 2 N–H and O–H groups in total. The molecule has 0 saturated carbocycles. The Kier molecular flexibility index (Phi) is 6.86. The lowest BCUT2D eigenvalue weighted by Gasteiger charge is -2.14. The molecule has 0 bridgehead atoms. The molecule has 0 aliphatic heterocycles. The average molecular weight is 406 g/mol. The number of nitrogens with one attached hydrogen (secondary N) is 1. The Morgan fingerprint density at radius 2 is 1.80 bits per heavy atom. The summed E-state index contributed by atoms with van der Waals surface area (Å²) in [4.78, 5) is 12.9. The first-order valence-electron chi connectivity index (χ1n) is 10.3. The quantitative estimate of drug-likeness (QED) is 0.323. The number of carboxylic acid groups (broad SMARTS) is 1. The van der Waals surface area contributed by atoms with Crippen molar-refractivity contribution in [2.24, 2.45) is 0 Å². The third-order valence-corrected chi connectivity index (χ3v) is 5.45. The number of rotatable bonds is 9. The molecule has 0 amide bonds. The Balaban J connectivity index is 2.17. The lowest BCUT2D eigenvalue weighted by atomic mass is 10.00. The number of carbonyl (C=O) groups is 1. The number of carboxylic acids is 1. The van der Waals surface area contributed by atoms with Crippen molar-refractivity contribution in [1.82, 2.24) is 5.32 Å². The van der Waals surface area contributed by atoms with Crippen molar-refractivity contribution < 1.29 is 14.5 Å². The zero-order valence-electron chi connectivity index (χ0n) is 17.9. The fraction of sp³-hybridized carbons (Fsp3) is 0.375. The molecule has 2 aromatic carbocycles. The Bertz CT molecular complexity index is 1120. The lowest BCUT2D eigenvalue weighted by molar-refractivity contribution is -0.645. The maximum Gasteiger partial charge on any atom is 0.303 e. The van der Waals surface area contributed by atoms with Crippen LogP contribution in [-0.2, 0) is 17.9 Å². The number of nitrogens with zero attached hydrogens (tertiary/aromatic N) is 3. The van der Waals surface area contributed by atoms with Gasteiger partial charge in [0.25, 0.3) is 0 Å². The van der Waals surface area contributed by atoms with Crippen molar-refractivity contribution in [3.63, 3.8) is 0 Å². The van der Waals surface area contributed by atoms with Gasteiger partial charge in [0.1, 0.15) is 12.6 Å². The van der Waals surface area contributed by atoms with Crippen molar-refractivity contribution in [2.75, 3.05) is 26.0 Å². The van der Waals surface area contributed by atoms with Gasteiger partial charge in [0.2, 0.25) is 11.0 Å². The van der Waals surface area contributed by atoms with Crippen LogP contribution in [0.3, 0.4) is 0 Å². The van der Waals surface area contributed by atoms with Gasteiger partial charge in [0.15, 0.2) is 0 Å². The number of hydrogen-bond acceptors (Lipinski definition) is 4. The molecule has 0 radical (unpaired) electrons. The molecule has 0 fully saturated rings. The lowest BCUT2D eigenvalue weighted by Crippen LogP contribution is -2.36. The van der Waals surface area contributed by atoms with Gasteiger partial charge in [-0.1, -0.05) is 6.07 Å². The van der Waals surface area contributed by atoms with E-state index in [-0.39, 0.29) is 6.42 Å². The summed E-state index contributed by atoms with van der Waals surface area (Å²) in [5, 5.41) is 23.9. The fourth-order valence-corrected chi connectivity index (χ4v) is 3.92. The molecule has 0 saturated heterocycles. The van der Waals surface area contributed by atoms with E-state index in [1.807, 2.05) is 39.3 Å². The van der Waals surface area contributed by atoms with E-state index in [1.165, 1.54) is 0 Å². The number of benzene rings is 2. The zero-order valence-corrected chi connectivity index (χ0v) is 17.9. The van der Waals surface area contributed by atoms with Gasteiger partial charge in [0, 0.05) is 51.3 Å². The Morgan fingerprint density at radius 1 is 1.10 bits per heavy atom. The van der Waals surface area contributed by atoms with E-state index in [0.717, 1.165) is 59.0 Å². The van der Waals surface area contributed by atoms with Crippen molar-refractivity contribution in [1.29, 1.82) is 5.26 Å². The van der Waals surface area contributed by atoms with Crippen LogP contribution in [0.2, 0.25) is 0 Å². The molecule has 6 nitrogen and oxygen atoms in total. The Hall–Kier alpha value is -3.17. The van der Waals surface area contributed by atoms with E-state index in [1.54, 1.807) is 0 Å². The Morgan fingerprint density at radius 3 is 2.43 bits per heavy atom. The first kappa shape index (κ1) is 21.5. The van der Waals surface area contributed by atoms with Crippen LogP contribution in [0.15, 0.2) is 36.4 Å². The molecule has 0 atom stereocenters. The van der Waals surface area contributed by atoms with Crippen molar-refractivity contribution in [3.8, 4) is 6.07 Å². The number of pyridine rings is 1. The summed E-state index contributed by atoms with van der Waals surface area (Å²) in [6, 6.07) is 14.9. The van der Waals surface area contributed by atoms with Crippen molar-refractivity contribution >= 4 is 33.5 Å². The predicted octanol–water partition coefficient (Wildman–Crippen LogP) is 3.58. The average Bonchev–Trinajstić information content (AvgIpc) is 2.72. The van der Waals surface area contributed by atoms with Crippen LogP contribution in [0, 0.1) is 11.3 Å². The molecule has 30 heavy (non-hydrogen) atoms. The van der Waals surface area contributed by atoms with Crippen LogP contribution in [-0.4, -0.2) is 32.2 Å². The summed E-state index contributed by atoms with van der Waals surface area (Å²) in [6.45, 7) is 1.53. The molecular weight excluding hydrogens is 376 g/mol. The van der Waals surface area contributed by atoms with Crippen LogP contribution in [0.5, 0.6) is 0 Å². The first-order valence-corrected chi connectivity index (χ1v) is 10.3. The molecule has 1 aromatic heterocycles. The van der Waals surface area contributed by atoms with Crippen LogP contribution >= 0.6 is 0 Å². The molecule has 156 valence electrons. The van der Waals surface area contributed by atoms with Gasteiger partial charge in [-0.2, -0.15) is 9.83 Å². The molecule has 0 aliphatic carbocycles. The maximum absolute atomic E-state index is 10.8. The smallest absolute Gasteiger partial charge is 0.303 e. The van der Waals surface area contributed by atoms with Crippen LogP contribution in [0.4, 0.5) is 5.69 Å². The largest absolute Gasteiger partial charge is 0.481 e.